The fourth-order valence-corrected chi connectivity index (χ4v) is 1.77. The van der Waals surface area contributed by atoms with Crippen LogP contribution in [0.5, 0.6) is 0 Å². The molecule has 0 fully saturated rings. The summed E-state index contributed by atoms with van der Waals surface area (Å²) in [5.41, 5.74) is 0.976. The Kier molecular flexibility index (Phi) is 7.73. The standard InChI is InChI=1S/C16H26FNO2/c1-12(2)18-11-16(20-10-9-19-13(3)4)14-5-7-15(17)8-6-14/h5-8,12-13,16,18H,9-11H2,1-4H3. The number of halogens is 1. The lowest BCUT2D eigenvalue weighted by atomic mass is 10.1. The molecule has 0 amide bonds. The van der Waals surface area contributed by atoms with Crippen molar-refractivity contribution in [3.63, 3.8) is 0 Å². The summed E-state index contributed by atoms with van der Waals surface area (Å²) in [6.45, 7) is 9.96. The van der Waals surface area contributed by atoms with E-state index in [9.17, 15) is 4.39 Å². The molecule has 20 heavy (non-hydrogen) atoms. The van der Waals surface area contributed by atoms with E-state index < -0.39 is 0 Å². The van der Waals surface area contributed by atoms with E-state index in [4.69, 9.17) is 9.47 Å². The van der Waals surface area contributed by atoms with E-state index in [0.29, 0.717) is 25.8 Å². The Morgan fingerprint density at radius 1 is 1.00 bits per heavy atom. The van der Waals surface area contributed by atoms with Crippen molar-refractivity contribution in [2.24, 2.45) is 0 Å². The topological polar surface area (TPSA) is 30.5 Å². The van der Waals surface area contributed by atoms with Crippen LogP contribution in [0.4, 0.5) is 4.39 Å². The maximum atomic E-state index is 13.0. The predicted molar refractivity (Wildman–Crippen MR) is 79.3 cm³/mol. The quantitative estimate of drug-likeness (QED) is 0.705. The van der Waals surface area contributed by atoms with Crippen LogP contribution in [0.3, 0.4) is 0 Å². The van der Waals surface area contributed by atoms with E-state index in [0.717, 1.165) is 5.56 Å². The van der Waals surface area contributed by atoms with Gasteiger partial charge < -0.3 is 14.8 Å². The minimum absolute atomic E-state index is 0.0891. The molecule has 0 aliphatic heterocycles. The van der Waals surface area contributed by atoms with Gasteiger partial charge in [0.05, 0.1) is 25.4 Å². The number of nitrogens with one attached hydrogen (secondary N) is 1. The third-order valence-electron chi connectivity index (χ3n) is 2.81. The first-order chi connectivity index (χ1) is 9.49. The van der Waals surface area contributed by atoms with Crippen molar-refractivity contribution in [2.45, 2.75) is 45.9 Å². The number of hydrogen-bond donors (Lipinski definition) is 1. The Balaban J connectivity index is 2.53. The van der Waals surface area contributed by atoms with Crippen LogP contribution in [0.25, 0.3) is 0 Å². The van der Waals surface area contributed by atoms with Crippen LogP contribution in [0, 0.1) is 5.82 Å². The highest BCUT2D eigenvalue weighted by Gasteiger charge is 2.12. The van der Waals surface area contributed by atoms with Crippen molar-refractivity contribution in [1.82, 2.24) is 5.32 Å². The Labute approximate surface area is 121 Å². The second-order valence-electron chi connectivity index (χ2n) is 5.39. The van der Waals surface area contributed by atoms with Gasteiger partial charge >= 0.3 is 0 Å². The summed E-state index contributed by atoms with van der Waals surface area (Å²) in [6.07, 6.45) is 0.116. The summed E-state index contributed by atoms with van der Waals surface area (Å²) in [5, 5.41) is 3.35. The number of benzene rings is 1. The fourth-order valence-electron chi connectivity index (χ4n) is 1.77. The second-order valence-corrected chi connectivity index (χ2v) is 5.39. The highest BCUT2D eigenvalue weighted by atomic mass is 19.1. The molecule has 0 radical (unpaired) electrons. The summed E-state index contributed by atoms with van der Waals surface area (Å²) in [4.78, 5) is 0. The second kappa shape index (κ2) is 9.06. The molecule has 0 saturated carbocycles. The van der Waals surface area contributed by atoms with Crippen molar-refractivity contribution >= 4 is 0 Å². The molecule has 0 aromatic heterocycles. The Hall–Kier alpha value is -0.970. The van der Waals surface area contributed by atoms with Crippen LogP contribution in [-0.2, 0) is 9.47 Å². The van der Waals surface area contributed by atoms with Crippen LogP contribution in [0.15, 0.2) is 24.3 Å². The van der Waals surface area contributed by atoms with Gasteiger partial charge in [-0.15, -0.1) is 0 Å². The van der Waals surface area contributed by atoms with Crippen LogP contribution < -0.4 is 5.32 Å². The lowest BCUT2D eigenvalue weighted by Gasteiger charge is -2.21. The smallest absolute Gasteiger partial charge is 0.123 e. The van der Waals surface area contributed by atoms with Gasteiger partial charge in [-0.25, -0.2) is 4.39 Å². The van der Waals surface area contributed by atoms with Crippen LogP contribution in [0.2, 0.25) is 0 Å². The molecule has 0 bridgehead atoms. The third kappa shape index (κ3) is 6.98. The number of rotatable bonds is 9. The zero-order chi connectivity index (χ0) is 15.0. The Bertz CT molecular complexity index is 365. The molecule has 0 saturated heterocycles. The van der Waals surface area contributed by atoms with Crippen LogP contribution >= 0.6 is 0 Å². The van der Waals surface area contributed by atoms with Crippen LogP contribution in [0.1, 0.15) is 39.4 Å². The molecular weight excluding hydrogens is 257 g/mol. The lowest BCUT2D eigenvalue weighted by molar-refractivity contribution is -0.0135. The first-order valence-corrected chi connectivity index (χ1v) is 7.21. The van der Waals surface area contributed by atoms with Gasteiger partial charge in [0.1, 0.15) is 5.82 Å². The normalized spacial score (nSPS) is 13.2. The van der Waals surface area contributed by atoms with Gasteiger partial charge in [-0.2, -0.15) is 0 Å². The van der Waals surface area contributed by atoms with Crippen molar-refractivity contribution in [3.05, 3.63) is 35.6 Å². The van der Waals surface area contributed by atoms with Crippen LogP contribution in [-0.4, -0.2) is 31.9 Å². The van der Waals surface area contributed by atoms with E-state index in [1.807, 2.05) is 13.8 Å². The summed E-state index contributed by atoms with van der Waals surface area (Å²) in [5.74, 6) is -0.229. The first kappa shape index (κ1) is 17.1. The average molecular weight is 283 g/mol. The average Bonchev–Trinajstić information content (AvgIpc) is 2.38. The Morgan fingerprint density at radius 3 is 2.15 bits per heavy atom. The lowest BCUT2D eigenvalue weighted by Crippen LogP contribution is -2.29. The van der Waals surface area contributed by atoms with Gasteiger partial charge in [0.25, 0.3) is 0 Å². The van der Waals surface area contributed by atoms with E-state index in [-0.39, 0.29) is 18.0 Å². The van der Waals surface area contributed by atoms with Crippen molar-refractivity contribution in [1.29, 1.82) is 0 Å². The predicted octanol–water partition coefficient (Wildman–Crippen LogP) is 3.31. The molecular formula is C16H26FNO2. The SMILES string of the molecule is CC(C)NCC(OCCOC(C)C)c1ccc(F)cc1. The summed E-state index contributed by atoms with van der Waals surface area (Å²) < 4.78 is 24.3. The third-order valence-corrected chi connectivity index (χ3v) is 2.81. The zero-order valence-corrected chi connectivity index (χ0v) is 12.9. The summed E-state index contributed by atoms with van der Waals surface area (Å²) >= 11 is 0. The van der Waals surface area contributed by atoms with E-state index in [2.05, 4.69) is 19.2 Å². The molecule has 4 heteroatoms. The van der Waals surface area contributed by atoms with Gasteiger partial charge in [-0.05, 0) is 31.5 Å². The van der Waals surface area contributed by atoms with Crippen molar-refractivity contribution < 1.29 is 13.9 Å². The van der Waals surface area contributed by atoms with Gasteiger partial charge in [0, 0.05) is 12.6 Å². The summed E-state index contributed by atoms with van der Waals surface area (Å²) in [7, 11) is 0. The van der Waals surface area contributed by atoms with Gasteiger partial charge in [0.2, 0.25) is 0 Å². The van der Waals surface area contributed by atoms with E-state index >= 15 is 0 Å². The molecule has 1 unspecified atom stereocenters. The highest BCUT2D eigenvalue weighted by molar-refractivity contribution is 5.19. The molecule has 1 rings (SSSR count). The van der Waals surface area contributed by atoms with Gasteiger partial charge in [0.15, 0.2) is 0 Å². The minimum Gasteiger partial charge on any atom is -0.376 e. The maximum Gasteiger partial charge on any atom is 0.123 e. The van der Waals surface area contributed by atoms with E-state index in [1.54, 1.807) is 12.1 Å². The highest BCUT2D eigenvalue weighted by Crippen LogP contribution is 2.17. The molecule has 0 aliphatic rings. The van der Waals surface area contributed by atoms with E-state index in [1.165, 1.54) is 12.1 Å². The van der Waals surface area contributed by atoms with Crippen molar-refractivity contribution in [3.8, 4) is 0 Å². The van der Waals surface area contributed by atoms with Gasteiger partial charge in [-0.3, -0.25) is 0 Å². The van der Waals surface area contributed by atoms with Gasteiger partial charge in [-0.1, -0.05) is 26.0 Å². The molecule has 1 atom stereocenters. The Morgan fingerprint density at radius 2 is 1.60 bits per heavy atom. The largest absolute Gasteiger partial charge is 0.376 e. The maximum absolute atomic E-state index is 13.0. The fraction of sp³-hybridized carbons (Fsp3) is 0.625. The summed E-state index contributed by atoms with van der Waals surface area (Å²) in [6, 6.07) is 6.85. The molecule has 0 aliphatic carbocycles. The minimum atomic E-state index is -0.229. The molecule has 1 aromatic carbocycles. The molecule has 0 heterocycles. The van der Waals surface area contributed by atoms with Crippen molar-refractivity contribution in [2.75, 3.05) is 19.8 Å². The molecule has 0 spiro atoms. The monoisotopic (exact) mass is 283 g/mol. The number of ether oxygens (including phenoxy) is 2. The zero-order valence-electron chi connectivity index (χ0n) is 12.9. The number of hydrogen-bond acceptors (Lipinski definition) is 3. The first-order valence-electron chi connectivity index (χ1n) is 7.21. The molecule has 1 N–H and O–H groups in total. The molecule has 3 nitrogen and oxygen atoms in total. The molecule has 114 valence electrons. The molecule has 1 aromatic rings.